The number of fused-ring (bicyclic) bond motifs is 1. The van der Waals surface area contributed by atoms with Crippen LogP contribution in [0.5, 0.6) is 0 Å². The number of carbonyl (C=O) groups excluding carboxylic acids is 1. The molecular weight excluding hydrogens is 493 g/mol. The number of anilines is 2. The smallest absolute Gasteiger partial charge is 0.323 e. The Morgan fingerprint density at radius 2 is 1.71 bits per heavy atom. The predicted octanol–water partition coefficient (Wildman–Crippen LogP) is 8.34. The Hall–Kier alpha value is -2.32. The summed E-state index contributed by atoms with van der Waals surface area (Å²) in [4.78, 5) is 15.8. The van der Waals surface area contributed by atoms with Crippen molar-refractivity contribution in [3.05, 3.63) is 51.8 Å². The standard InChI is InChI=1S/C16H12Cl2FN3O.C8H13F3/c1-8(23)9-6-13-14(7-12(9)19)22(2)16(20-13)21-15-10(17)4-3-5-11(15)18;1-6-2-4-7(5-3-6)8(9,10)11/h3-7H,1-2H3,(H,20,21);6-7H,2-5H2,1H3. The van der Waals surface area contributed by atoms with E-state index in [9.17, 15) is 22.4 Å². The van der Waals surface area contributed by atoms with Gasteiger partial charge < -0.3 is 9.88 Å². The Kier molecular flexibility index (Phi) is 8.14. The maximum absolute atomic E-state index is 14.0. The number of ketones is 1. The highest BCUT2D eigenvalue weighted by molar-refractivity contribution is 6.39. The van der Waals surface area contributed by atoms with Crippen LogP contribution >= 0.6 is 23.2 Å². The Morgan fingerprint density at radius 3 is 2.24 bits per heavy atom. The third kappa shape index (κ3) is 6.02. The molecule has 0 spiro atoms. The minimum absolute atomic E-state index is 0.0120. The van der Waals surface area contributed by atoms with Gasteiger partial charge in [-0.15, -0.1) is 0 Å². The van der Waals surface area contributed by atoms with Crippen LogP contribution in [0.25, 0.3) is 11.0 Å². The molecule has 184 valence electrons. The van der Waals surface area contributed by atoms with Gasteiger partial charge in [-0.25, -0.2) is 9.37 Å². The number of hydrogen-bond donors (Lipinski definition) is 1. The number of Topliss-reactive ketones (excluding diaryl/α,β-unsaturated/α-hetero) is 1. The zero-order chi connectivity index (χ0) is 25.2. The van der Waals surface area contributed by atoms with Gasteiger partial charge in [0.1, 0.15) is 5.82 Å². The molecule has 0 amide bonds. The van der Waals surface area contributed by atoms with Crippen molar-refractivity contribution in [1.29, 1.82) is 0 Å². The molecule has 0 atom stereocenters. The number of aromatic nitrogens is 2. The van der Waals surface area contributed by atoms with E-state index in [1.165, 1.54) is 19.1 Å². The van der Waals surface area contributed by atoms with Crippen LogP contribution < -0.4 is 5.32 Å². The molecule has 2 aromatic carbocycles. The number of halogens is 6. The number of alkyl halides is 3. The van der Waals surface area contributed by atoms with Crippen molar-refractivity contribution in [2.24, 2.45) is 18.9 Å². The van der Waals surface area contributed by atoms with E-state index in [1.807, 2.05) is 6.92 Å². The van der Waals surface area contributed by atoms with E-state index in [0.717, 1.165) is 12.8 Å². The number of nitrogens with zero attached hydrogens (tertiary/aromatic N) is 2. The average molecular weight is 518 g/mol. The van der Waals surface area contributed by atoms with Gasteiger partial charge in [-0.1, -0.05) is 49.0 Å². The molecule has 1 aliphatic rings. The molecule has 4 rings (SSSR count). The number of imidazole rings is 1. The van der Waals surface area contributed by atoms with Gasteiger partial charge in [-0.05, 0) is 43.9 Å². The molecule has 0 radical (unpaired) electrons. The number of aryl methyl sites for hydroxylation is 1. The van der Waals surface area contributed by atoms with E-state index in [2.05, 4.69) is 10.3 Å². The molecular formula is C24H25Cl2F4N3O. The second kappa shape index (κ2) is 10.5. The minimum Gasteiger partial charge on any atom is -0.323 e. The van der Waals surface area contributed by atoms with E-state index < -0.39 is 17.9 Å². The average Bonchev–Trinajstić information content (AvgIpc) is 3.05. The molecule has 10 heteroatoms. The third-order valence-corrected chi connectivity index (χ3v) is 6.66. The van der Waals surface area contributed by atoms with Crippen molar-refractivity contribution >= 4 is 51.7 Å². The molecule has 0 saturated heterocycles. The van der Waals surface area contributed by atoms with Crippen LogP contribution in [-0.4, -0.2) is 21.5 Å². The zero-order valence-corrected chi connectivity index (χ0v) is 20.5. The van der Waals surface area contributed by atoms with Crippen molar-refractivity contribution in [2.75, 3.05) is 5.32 Å². The van der Waals surface area contributed by atoms with Gasteiger partial charge in [-0.2, -0.15) is 13.2 Å². The lowest BCUT2D eigenvalue weighted by Crippen LogP contribution is -2.26. The highest BCUT2D eigenvalue weighted by atomic mass is 35.5. The Morgan fingerprint density at radius 1 is 1.12 bits per heavy atom. The molecule has 1 saturated carbocycles. The lowest BCUT2D eigenvalue weighted by molar-refractivity contribution is -0.183. The van der Waals surface area contributed by atoms with Gasteiger partial charge in [-0.3, -0.25) is 4.79 Å². The highest BCUT2D eigenvalue weighted by Gasteiger charge is 2.40. The topological polar surface area (TPSA) is 46.9 Å². The fraction of sp³-hybridized carbons (Fsp3) is 0.417. The lowest BCUT2D eigenvalue weighted by Gasteiger charge is -2.27. The number of hydrogen-bond acceptors (Lipinski definition) is 3. The summed E-state index contributed by atoms with van der Waals surface area (Å²) in [6.45, 7) is 3.34. The highest BCUT2D eigenvalue weighted by Crippen LogP contribution is 2.39. The van der Waals surface area contributed by atoms with Crippen LogP contribution in [0, 0.1) is 17.7 Å². The summed E-state index contributed by atoms with van der Waals surface area (Å²) in [5.41, 5.74) is 1.59. The van der Waals surface area contributed by atoms with Crippen LogP contribution in [0.2, 0.25) is 10.0 Å². The fourth-order valence-electron chi connectivity index (χ4n) is 3.91. The Bertz CT molecular complexity index is 1160. The van der Waals surface area contributed by atoms with Crippen LogP contribution in [0.3, 0.4) is 0 Å². The zero-order valence-electron chi connectivity index (χ0n) is 18.9. The van der Waals surface area contributed by atoms with Gasteiger partial charge in [0.05, 0.1) is 38.2 Å². The van der Waals surface area contributed by atoms with Gasteiger partial charge in [0.2, 0.25) is 5.95 Å². The summed E-state index contributed by atoms with van der Waals surface area (Å²) in [6.07, 6.45) is -1.79. The first-order valence-corrected chi connectivity index (χ1v) is 11.6. The van der Waals surface area contributed by atoms with E-state index in [4.69, 9.17) is 23.2 Å². The molecule has 0 aliphatic heterocycles. The summed E-state index contributed by atoms with van der Waals surface area (Å²) in [5, 5.41) is 3.94. The number of carbonyl (C=O) groups is 1. The van der Waals surface area contributed by atoms with Crippen molar-refractivity contribution in [1.82, 2.24) is 9.55 Å². The van der Waals surface area contributed by atoms with Crippen molar-refractivity contribution in [3.8, 4) is 0 Å². The molecule has 1 aromatic heterocycles. The fourth-order valence-corrected chi connectivity index (χ4v) is 4.40. The number of nitrogens with one attached hydrogen (secondary N) is 1. The second-order valence-electron chi connectivity index (χ2n) is 8.59. The molecule has 34 heavy (non-hydrogen) atoms. The van der Waals surface area contributed by atoms with Crippen LogP contribution in [0.4, 0.5) is 29.2 Å². The summed E-state index contributed by atoms with van der Waals surface area (Å²) in [7, 11) is 1.73. The first-order chi connectivity index (χ1) is 15.9. The molecule has 1 N–H and O–H groups in total. The Balaban J connectivity index is 0.000000248. The molecule has 4 nitrogen and oxygen atoms in total. The maximum atomic E-state index is 14.0. The van der Waals surface area contributed by atoms with Crippen molar-refractivity contribution in [3.63, 3.8) is 0 Å². The molecule has 1 fully saturated rings. The first-order valence-electron chi connectivity index (χ1n) is 10.8. The quantitative estimate of drug-likeness (QED) is 0.280. The van der Waals surface area contributed by atoms with E-state index in [0.29, 0.717) is 51.5 Å². The maximum Gasteiger partial charge on any atom is 0.391 e. The van der Waals surface area contributed by atoms with Crippen LogP contribution in [0.15, 0.2) is 30.3 Å². The van der Waals surface area contributed by atoms with E-state index in [-0.39, 0.29) is 11.3 Å². The first kappa shape index (κ1) is 26.3. The van der Waals surface area contributed by atoms with Gasteiger partial charge in [0.15, 0.2) is 5.78 Å². The molecule has 1 heterocycles. The van der Waals surface area contributed by atoms with Gasteiger partial charge >= 0.3 is 6.18 Å². The normalized spacial score (nSPS) is 18.4. The molecule has 0 bridgehead atoms. The third-order valence-electron chi connectivity index (χ3n) is 6.03. The lowest BCUT2D eigenvalue weighted by atomic mass is 9.83. The number of rotatable bonds is 3. The summed E-state index contributed by atoms with van der Waals surface area (Å²) < 4.78 is 51.9. The SMILES string of the molecule is CC(=O)c1cc2nc(Nc3c(Cl)cccc3Cl)n(C)c2cc1F.CC1CCC(C(F)(F)F)CC1. The summed E-state index contributed by atoms with van der Waals surface area (Å²) in [5.74, 6) is -1.00. The Labute approximate surface area is 205 Å². The molecule has 1 aliphatic carbocycles. The summed E-state index contributed by atoms with van der Waals surface area (Å²) >= 11 is 12.3. The van der Waals surface area contributed by atoms with Crippen molar-refractivity contribution < 1.29 is 22.4 Å². The van der Waals surface area contributed by atoms with E-state index >= 15 is 0 Å². The van der Waals surface area contributed by atoms with E-state index in [1.54, 1.807) is 29.8 Å². The second-order valence-corrected chi connectivity index (χ2v) is 9.41. The van der Waals surface area contributed by atoms with Gasteiger partial charge in [0, 0.05) is 13.1 Å². The monoisotopic (exact) mass is 517 g/mol. The van der Waals surface area contributed by atoms with Gasteiger partial charge in [0.25, 0.3) is 0 Å². The molecule has 3 aromatic rings. The number of benzene rings is 2. The number of para-hydroxylation sites is 1. The van der Waals surface area contributed by atoms with Crippen molar-refractivity contribution in [2.45, 2.75) is 45.7 Å². The van der Waals surface area contributed by atoms with Crippen LogP contribution in [0.1, 0.15) is 49.9 Å². The summed E-state index contributed by atoms with van der Waals surface area (Å²) in [6, 6.07) is 7.86. The van der Waals surface area contributed by atoms with Crippen LogP contribution in [-0.2, 0) is 7.05 Å². The predicted molar refractivity (Wildman–Crippen MR) is 128 cm³/mol. The minimum atomic E-state index is -3.94. The molecule has 0 unspecified atom stereocenters. The largest absolute Gasteiger partial charge is 0.391 e.